The van der Waals surface area contributed by atoms with E-state index in [0.717, 1.165) is 4.80 Å². The smallest absolute Gasteiger partial charge is 0.247 e. The van der Waals surface area contributed by atoms with Gasteiger partial charge in [0.15, 0.2) is 11.5 Å². The number of hydrogen-bond acceptors (Lipinski definition) is 7. The third-order valence-corrected chi connectivity index (χ3v) is 6.60. The van der Waals surface area contributed by atoms with Crippen LogP contribution in [0.2, 0.25) is 5.02 Å². The Morgan fingerprint density at radius 2 is 1.71 bits per heavy atom. The van der Waals surface area contributed by atoms with Gasteiger partial charge in [-0.15, -0.1) is 10.2 Å². The molecule has 4 rings (SSSR count). The van der Waals surface area contributed by atoms with Gasteiger partial charge in [-0.25, -0.2) is 4.39 Å². The molecular formula is C30H32ClFN6O4. The van der Waals surface area contributed by atoms with Crippen molar-refractivity contribution in [2.24, 2.45) is 0 Å². The monoisotopic (exact) mass is 594 g/mol. The Bertz CT molecular complexity index is 1550. The van der Waals surface area contributed by atoms with E-state index in [-0.39, 0.29) is 18.9 Å². The molecule has 42 heavy (non-hydrogen) atoms. The number of ether oxygens (including phenoxy) is 2. The van der Waals surface area contributed by atoms with Gasteiger partial charge in [-0.1, -0.05) is 41.9 Å². The summed E-state index contributed by atoms with van der Waals surface area (Å²) in [5.74, 6) is -0.0921. The number of hydrogen-bond donors (Lipinski definition) is 1. The average molecular weight is 595 g/mol. The minimum atomic E-state index is -1.11. The van der Waals surface area contributed by atoms with Crippen LogP contribution in [0.25, 0.3) is 11.4 Å². The molecule has 0 bridgehead atoms. The molecule has 1 atom stereocenters. The van der Waals surface area contributed by atoms with Crippen LogP contribution in [0.1, 0.15) is 37.9 Å². The van der Waals surface area contributed by atoms with E-state index in [1.165, 1.54) is 43.4 Å². The number of rotatable bonds is 10. The second-order valence-electron chi connectivity index (χ2n) is 10.5. The van der Waals surface area contributed by atoms with Gasteiger partial charge in [0.25, 0.3) is 0 Å². The number of carbonyl (C=O) groups is 2. The second kappa shape index (κ2) is 13.0. The fraction of sp³-hybridized carbons (Fsp3) is 0.300. The van der Waals surface area contributed by atoms with Crippen LogP contribution in [-0.4, -0.2) is 56.7 Å². The largest absolute Gasteiger partial charge is 0.493 e. The normalized spacial score (nSPS) is 12.0. The van der Waals surface area contributed by atoms with Gasteiger partial charge in [0.05, 0.1) is 14.2 Å². The van der Waals surface area contributed by atoms with Crippen molar-refractivity contribution in [3.8, 4) is 22.9 Å². The minimum absolute atomic E-state index is 0.00462. The Morgan fingerprint density at radius 1 is 1.02 bits per heavy atom. The van der Waals surface area contributed by atoms with Crippen LogP contribution < -0.4 is 14.8 Å². The Balaban J connectivity index is 1.70. The van der Waals surface area contributed by atoms with Crippen LogP contribution in [0.4, 0.5) is 4.39 Å². The average Bonchev–Trinajstić information content (AvgIpc) is 3.41. The molecule has 1 N–H and O–H groups in total. The van der Waals surface area contributed by atoms with Crippen molar-refractivity contribution < 1.29 is 23.5 Å². The Morgan fingerprint density at radius 3 is 2.36 bits per heavy atom. The van der Waals surface area contributed by atoms with Gasteiger partial charge in [-0.05, 0) is 73.5 Å². The molecule has 0 aliphatic carbocycles. The van der Waals surface area contributed by atoms with E-state index in [1.54, 1.807) is 42.5 Å². The van der Waals surface area contributed by atoms with E-state index in [0.29, 0.717) is 33.2 Å². The maximum absolute atomic E-state index is 14.0. The molecule has 4 aromatic rings. The molecule has 1 heterocycles. The van der Waals surface area contributed by atoms with Gasteiger partial charge in [0.1, 0.15) is 18.4 Å². The van der Waals surface area contributed by atoms with E-state index in [9.17, 15) is 14.0 Å². The van der Waals surface area contributed by atoms with Crippen LogP contribution in [0, 0.1) is 5.82 Å². The van der Waals surface area contributed by atoms with Gasteiger partial charge in [0.2, 0.25) is 17.6 Å². The lowest BCUT2D eigenvalue weighted by Crippen LogP contribution is -2.49. The van der Waals surface area contributed by atoms with Crippen molar-refractivity contribution >= 4 is 23.4 Å². The van der Waals surface area contributed by atoms with Crippen molar-refractivity contribution in [2.75, 3.05) is 14.2 Å². The van der Waals surface area contributed by atoms with Crippen LogP contribution in [0.3, 0.4) is 0 Å². The Kier molecular flexibility index (Phi) is 9.41. The summed E-state index contributed by atoms with van der Waals surface area (Å²) >= 11 is 6.46. The summed E-state index contributed by atoms with van der Waals surface area (Å²) in [6.45, 7) is 5.17. The summed E-state index contributed by atoms with van der Waals surface area (Å²) in [4.78, 5) is 30.2. The van der Waals surface area contributed by atoms with Crippen molar-refractivity contribution in [3.05, 3.63) is 88.7 Å². The number of amides is 2. The minimum Gasteiger partial charge on any atom is -0.493 e. The standard InChI is InChI=1S/C30H32ClFN6O4/c1-30(2,3)33-29(40)27(19-10-13-22(32)14-11-19)37(17-21-8-6-7-9-23(21)31)26(39)18-38-35-28(34-36-38)20-12-15-24(41-4)25(16-20)42-5/h6-16,27H,17-18H2,1-5H3,(H,33,40)/t27-/m1/s1. The Labute approximate surface area is 248 Å². The molecule has 10 nitrogen and oxygen atoms in total. The highest BCUT2D eigenvalue weighted by Gasteiger charge is 2.34. The highest BCUT2D eigenvalue weighted by molar-refractivity contribution is 6.31. The number of methoxy groups -OCH3 is 2. The molecule has 0 unspecified atom stereocenters. The quantitative estimate of drug-likeness (QED) is 0.280. The number of benzene rings is 3. The lowest BCUT2D eigenvalue weighted by Gasteiger charge is -2.34. The van der Waals surface area contributed by atoms with E-state index < -0.39 is 29.2 Å². The molecule has 0 radical (unpaired) electrons. The first-order valence-electron chi connectivity index (χ1n) is 13.1. The molecule has 220 valence electrons. The third kappa shape index (κ3) is 7.41. The number of nitrogens with zero attached hydrogens (tertiary/aromatic N) is 5. The van der Waals surface area contributed by atoms with Gasteiger partial charge >= 0.3 is 0 Å². The summed E-state index contributed by atoms with van der Waals surface area (Å²) in [5.41, 5.74) is 1.06. The number of halogens is 2. The summed E-state index contributed by atoms with van der Waals surface area (Å²) in [7, 11) is 3.05. The molecule has 0 aliphatic rings. The molecule has 0 aliphatic heterocycles. The highest BCUT2D eigenvalue weighted by atomic mass is 35.5. The van der Waals surface area contributed by atoms with Crippen molar-refractivity contribution in [1.82, 2.24) is 30.4 Å². The zero-order valence-electron chi connectivity index (χ0n) is 24.0. The number of tetrazole rings is 1. The maximum Gasteiger partial charge on any atom is 0.247 e. The molecule has 3 aromatic carbocycles. The molecule has 0 spiro atoms. The number of carbonyl (C=O) groups excluding carboxylic acids is 2. The van der Waals surface area contributed by atoms with Crippen molar-refractivity contribution in [2.45, 2.75) is 45.4 Å². The van der Waals surface area contributed by atoms with E-state index in [4.69, 9.17) is 21.1 Å². The first-order valence-corrected chi connectivity index (χ1v) is 13.5. The second-order valence-corrected chi connectivity index (χ2v) is 10.9. The first-order chi connectivity index (χ1) is 20.0. The Hall–Kier alpha value is -4.51. The van der Waals surface area contributed by atoms with Gasteiger partial charge < -0.3 is 19.7 Å². The SMILES string of the molecule is COc1ccc(-c2nnn(CC(=O)N(Cc3ccccc3Cl)[C@@H](C(=O)NC(C)(C)C)c3ccc(F)cc3)n2)cc1OC. The summed E-state index contributed by atoms with van der Waals surface area (Å²) < 4.78 is 24.5. The summed E-state index contributed by atoms with van der Waals surface area (Å²) in [6.07, 6.45) is 0. The fourth-order valence-electron chi connectivity index (χ4n) is 4.30. The molecule has 2 amide bonds. The molecular weight excluding hydrogens is 563 g/mol. The van der Waals surface area contributed by atoms with E-state index >= 15 is 0 Å². The van der Waals surface area contributed by atoms with E-state index in [1.807, 2.05) is 20.8 Å². The van der Waals surface area contributed by atoms with Crippen molar-refractivity contribution in [1.29, 1.82) is 0 Å². The van der Waals surface area contributed by atoms with Gasteiger partial charge in [-0.3, -0.25) is 9.59 Å². The lowest BCUT2D eigenvalue weighted by molar-refractivity contribution is -0.143. The molecule has 1 aromatic heterocycles. The predicted octanol–water partition coefficient (Wildman–Crippen LogP) is 4.83. The molecule has 12 heteroatoms. The van der Waals surface area contributed by atoms with Crippen LogP contribution >= 0.6 is 11.6 Å². The van der Waals surface area contributed by atoms with Crippen LogP contribution in [-0.2, 0) is 22.7 Å². The maximum atomic E-state index is 14.0. The van der Waals surface area contributed by atoms with E-state index in [2.05, 4.69) is 20.7 Å². The zero-order chi connectivity index (χ0) is 30.4. The summed E-state index contributed by atoms with van der Waals surface area (Å²) in [5, 5.41) is 15.9. The third-order valence-electron chi connectivity index (χ3n) is 6.23. The lowest BCUT2D eigenvalue weighted by atomic mass is 10.0. The van der Waals surface area contributed by atoms with Gasteiger partial charge in [-0.2, -0.15) is 4.80 Å². The summed E-state index contributed by atoms with van der Waals surface area (Å²) in [6, 6.07) is 16.6. The predicted molar refractivity (Wildman–Crippen MR) is 155 cm³/mol. The highest BCUT2D eigenvalue weighted by Crippen LogP contribution is 2.31. The zero-order valence-corrected chi connectivity index (χ0v) is 24.7. The number of aromatic nitrogens is 4. The van der Waals surface area contributed by atoms with Gasteiger partial charge in [0, 0.05) is 22.7 Å². The van der Waals surface area contributed by atoms with Crippen LogP contribution in [0.5, 0.6) is 11.5 Å². The van der Waals surface area contributed by atoms with Crippen molar-refractivity contribution in [3.63, 3.8) is 0 Å². The molecule has 0 fully saturated rings. The van der Waals surface area contributed by atoms with Crippen LogP contribution in [0.15, 0.2) is 66.7 Å². The fourth-order valence-corrected chi connectivity index (χ4v) is 4.50. The molecule has 0 saturated carbocycles. The topological polar surface area (TPSA) is 111 Å². The first kappa shape index (κ1) is 30.4. The molecule has 0 saturated heterocycles. The number of nitrogens with one attached hydrogen (secondary N) is 1.